The third kappa shape index (κ3) is 4.28. The highest BCUT2D eigenvalue weighted by Crippen LogP contribution is 2.26. The lowest BCUT2D eigenvalue weighted by Crippen LogP contribution is -2.34. The van der Waals surface area contributed by atoms with Gasteiger partial charge in [0.25, 0.3) is 0 Å². The maximum Gasteiger partial charge on any atom is 0.306 e. The van der Waals surface area contributed by atoms with Gasteiger partial charge < -0.3 is 10.4 Å². The summed E-state index contributed by atoms with van der Waals surface area (Å²) in [5.41, 5.74) is 0. The van der Waals surface area contributed by atoms with E-state index in [1.54, 1.807) is 0 Å². The van der Waals surface area contributed by atoms with Crippen molar-refractivity contribution >= 4 is 23.6 Å². The van der Waals surface area contributed by atoms with Gasteiger partial charge in [-0.25, -0.2) is 0 Å². The topological polar surface area (TPSA) is 66.4 Å². The Labute approximate surface area is 116 Å². The fourth-order valence-electron chi connectivity index (χ4n) is 2.27. The number of carboxylic acids is 1. The maximum atomic E-state index is 11.8. The van der Waals surface area contributed by atoms with Crippen molar-refractivity contribution in [1.82, 2.24) is 5.32 Å². The predicted octanol–water partition coefficient (Wildman–Crippen LogP) is 2.15. The summed E-state index contributed by atoms with van der Waals surface area (Å²) in [7, 11) is 0. The largest absolute Gasteiger partial charge is 0.481 e. The first kappa shape index (κ1) is 13.9. The smallest absolute Gasteiger partial charge is 0.306 e. The van der Waals surface area contributed by atoms with E-state index < -0.39 is 5.97 Å². The molecule has 0 radical (unpaired) electrons. The van der Waals surface area contributed by atoms with Crippen LogP contribution >= 0.6 is 11.8 Å². The second-order valence-electron chi connectivity index (χ2n) is 4.71. The summed E-state index contributed by atoms with van der Waals surface area (Å²) in [4.78, 5) is 23.7. The minimum atomic E-state index is -0.754. The van der Waals surface area contributed by atoms with E-state index in [4.69, 9.17) is 5.11 Å². The number of thioether (sulfide) groups is 1. The number of carbonyl (C=O) groups excluding carboxylic acids is 1. The Morgan fingerprint density at radius 2 is 2.00 bits per heavy atom. The number of carboxylic acid groups (broad SMARTS) is 1. The molecule has 0 aromatic heterocycles. The summed E-state index contributed by atoms with van der Waals surface area (Å²) in [5.74, 6) is -0.703. The van der Waals surface area contributed by atoms with E-state index in [-0.39, 0.29) is 17.9 Å². The Morgan fingerprint density at radius 1 is 1.26 bits per heavy atom. The molecule has 0 bridgehead atoms. The lowest BCUT2D eigenvalue weighted by Gasteiger charge is -2.12. The van der Waals surface area contributed by atoms with Crippen LogP contribution in [0.15, 0.2) is 35.2 Å². The molecule has 1 aromatic carbocycles. The molecule has 102 valence electrons. The van der Waals surface area contributed by atoms with Gasteiger partial charge in [-0.3, -0.25) is 9.59 Å². The van der Waals surface area contributed by atoms with Crippen molar-refractivity contribution in [3.05, 3.63) is 30.3 Å². The monoisotopic (exact) mass is 279 g/mol. The summed E-state index contributed by atoms with van der Waals surface area (Å²) < 4.78 is 0. The molecule has 1 aliphatic carbocycles. The summed E-state index contributed by atoms with van der Waals surface area (Å²) >= 11 is 1.49. The number of amides is 1. The van der Waals surface area contributed by atoms with Crippen molar-refractivity contribution < 1.29 is 14.7 Å². The lowest BCUT2D eigenvalue weighted by molar-refractivity contribution is -0.141. The van der Waals surface area contributed by atoms with Gasteiger partial charge in [-0.15, -0.1) is 11.8 Å². The van der Waals surface area contributed by atoms with Crippen LogP contribution in [0.5, 0.6) is 0 Å². The molecule has 1 aromatic rings. The number of hydrogen-bond acceptors (Lipinski definition) is 3. The molecule has 1 saturated carbocycles. The summed E-state index contributed by atoms with van der Waals surface area (Å²) in [6.07, 6.45) is 1.97. The van der Waals surface area contributed by atoms with Crippen LogP contribution in [0.3, 0.4) is 0 Å². The van der Waals surface area contributed by atoms with Gasteiger partial charge in [0.05, 0.1) is 11.7 Å². The first-order chi connectivity index (χ1) is 9.15. The Kier molecular flexibility index (Phi) is 4.85. The van der Waals surface area contributed by atoms with E-state index in [9.17, 15) is 9.59 Å². The normalized spacial score (nSPS) is 22.1. The SMILES string of the molecule is O=C(CSc1ccccc1)NC1CCC(C(=O)O)C1. The summed E-state index contributed by atoms with van der Waals surface area (Å²) in [6.45, 7) is 0. The molecule has 1 aliphatic rings. The van der Waals surface area contributed by atoms with Crippen LogP contribution in [0.2, 0.25) is 0 Å². The predicted molar refractivity (Wildman–Crippen MR) is 74.1 cm³/mol. The van der Waals surface area contributed by atoms with Crippen molar-refractivity contribution in [2.24, 2.45) is 5.92 Å². The van der Waals surface area contributed by atoms with Crippen LogP contribution < -0.4 is 5.32 Å². The molecule has 0 heterocycles. The van der Waals surface area contributed by atoms with Crippen LogP contribution in [0.1, 0.15) is 19.3 Å². The molecule has 0 aliphatic heterocycles. The summed E-state index contributed by atoms with van der Waals surface area (Å²) in [6, 6.07) is 9.77. The van der Waals surface area contributed by atoms with Gasteiger partial charge in [0, 0.05) is 10.9 Å². The quantitative estimate of drug-likeness (QED) is 0.810. The van der Waals surface area contributed by atoms with Crippen LogP contribution in [0.4, 0.5) is 0 Å². The summed E-state index contributed by atoms with van der Waals surface area (Å²) in [5, 5.41) is 11.8. The van der Waals surface area contributed by atoms with Gasteiger partial charge in [-0.2, -0.15) is 0 Å². The van der Waals surface area contributed by atoms with Gasteiger partial charge >= 0.3 is 5.97 Å². The van der Waals surface area contributed by atoms with E-state index in [0.717, 1.165) is 11.3 Å². The molecule has 1 fully saturated rings. The first-order valence-electron chi connectivity index (χ1n) is 6.35. The molecule has 2 N–H and O–H groups in total. The number of carbonyl (C=O) groups is 2. The fourth-order valence-corrected chi connectivity index (χ4v) is 3.00. The molecule has 4 nitrogen and oxygen atoms in total. The molecular weight excluding hydrogens is 262 g/mol. The first-order valence-corrected chi connectivity index (χ1v) is 7.33. The van der Waals surface area contributed by atoms with E-state index in [2.05, 4.69) is 5.32 Å². The van der Waals surface area contributed by atoms with E-state index in [1.165, 1.54) is 11.8 Å². The number of benzene rings is 1. The second-order valence-corrected chi connectivity index (χ2v) is 5.76. The molecule has 0 saturated heterocycles. The molecule has 19 heavy (non-hydrogen) atoms. The van der Waals surface area contributed by atoms with Gasteiger partial charge in [0.2, 0.25) is 5.91 Å². The van der Waals surface area contributed by atoms with Crippen LogP contribution in [0.25, 0.3) is 0 Å². The van der Waals surface area contributed by atoms with Crippen LogP contribution in [-0.2, 0) is 9.59 Å². The maximum absolute atomic E-state index is 11.8. The Balaban J connectivity index is 1.72. The van der Waals surface area contributed by atoms with Crippen molar-refractivity contribution in [3.63, 3.8) is 0 Å². The van der Waals surface area contributed by atoms with Gasteiger partial charge in [-0.05, 0) is 31.4 Å². The third-order valence-corrected chi connectivity index (χ3v) is 4.27. The number of aliphatic carboxylic acids is 1. The van der Waals surface area contributed by atoms with E-state index in [0.29, 0.717) is 18.6 Å². The highest BCUT2D eigenvalue weighted by atomic mass is 32.2. The molecule has 2 atom stereocenters. The van der Waals surface area contributed by atoms with Crippen molar-refractivity contribution in [2.75, 3.05) is 5.75 Å². The molecule has 5 heteroatoms. The minimum Gasteiger partial charge on any atom is -0.481 e. The standard InChI is InChI=1S/C14H17NO3S/c16-13(9-19-12-4-2-1-3-5-12)15-11-7-6-10(8-11)14(17)18/h1-5,10-11H,6-9H2,(H,15,16)(H,17,18). The Bertz CT molecular complexity index is 449. The van der Waals surface area contributed by atoms with Crippen LogP contribution in [0, 0.1) is 5.92 Å². The average Bonchev–Trinajstić information content (AvgIpc) is 2.86. The Morgan fingerprint density at radius 3 is 2.63 bits per heavy atom. The number of rotatable bonds is 5. The fraction of sp³-hybridized carbons (Fsp3) is 0.429. The van der Waals surface area contributed by atoms with Crippen molar-refractivity contribution in [2.45, 2.75) is 30.2 Å². The third-order valence-electron chi connectivity index (χ3n) is 3.26. The zero-order valence-electron chi connectivity index (χ0n) is 10.5. The molecule has 0 spiro atoms. The highest BCUT2D eigenvalue weighted by Gasteiger charge is 2.30. The molecule has 2 unspecified atom stereocenters. The zero-order valence-corrected chi connectivity index (χ0v) is 11.4. The molecule has 1 amide bonds. The molecule has 2 rings (SSSR count). The van der Waals surface area contributed by atoms with Crippen molar-refractivity contribution in [1.29, 1.82) is 0 Å². The van der Waals surface area contributed by atoms with Crippen molar-refractivity contribution in [3.8, 4) is 0 Å². The van der Waals surface area contributed by atoms with E-state index in [1.807, 2.05) is 30.3 Å². The lowest BCUT2D eigenvalue weighted by atomic mass is 10.1. The Hall–Kier alpha value is -1.49. The van der Waals surface area contributed by atoms with Gasteiger partial charge in [-0.1, -0.05) is 18.2 Å². The van der Waals surface area contributed by atoms with Gasteiger partial charge in [0.15, 0.2) is 0 Å². The number of hydrogen-bond donors (Lipinski definition) is 2. The molecular formula is C14H17NO3S. The van der Waals surface area contributed by atoms with Gasteiger partial charge in [0.1, 0.15) is 0 Å². The highest BCUT2D eigenvalue weighted by molar-refractivity contribution is 8.00. The van der Waals surface area contributed by atoms with E-state index >= 15 is 0 Å². The zero-order chi connectivity index (χ0) is 13.7. The number of nitrogens with one attached hydrogen (secondary N) is 1. The second kappa shape index (κ2) is 6.61. The minimum absolute atomic E-state index is 0.0185. The van der Waals surface area contributed by atoms with Crippen LogP contribution in [-0.4, -0.2) is 28.8 Å². The average molecular weight is 279 g/mol.